The molecule has 0 amide bonds. The number of halogens is 3. The number of rotatable bonds is 3. The lowest BCUT2D eigenvalue weighted by atomic mass is 9.71. The van der Waals surface area contributed by atoms with Gasteiger partial charge in [-0.05, 0) is 18.8 Å². The Morgan fingerprint density at radius 2 is 1.72 bits per heavy atom. The monoisotopic (exact) mass is 435 g/mol. The number of likely N-dealkylation sites (tertiary alicyclic amines) is 1. The van der Waals surface area contributed by atoms with Crippen LogP contribution in [0.15, 0.2) is 22.4 Å². The van der Waals surface area contributed by atoms with Crippen molar-refractivity contribution in [3.05, 3.63) is 22.4 Å². The zero-order valence-electron chi connectivity index (χ0n) is 16.9. The van der Waals surface area contributed by atoms with Crippen LogP contribution < -0.4 is 5.32 Å². The summed E-state index contributed by atoms with van der Waals surface area (Å²) >= 11 is 0. The molecule has 29 heavy (non-hydrogen) atoms. The van der Waals surface area contributed by atoms with Crippen molar-refractivity contribution in [1.29, 1.82) is 0 Å². The third-order valence-corrected chi connectivity index (χ3v) is 8.67. The lowest BCUT2D eigenvalue weighted by molar-refractivity contribution is -0.144. The molecule has 0 aromatic heterocycles. The smallest absolute Gasteiger partial charge is 0.381 e. The van der Waals surface area contributed by atoms with Crippen LogP contribution in [0, 0.1) is 17.3 Å². The number of ether oxygens (including phenoxy) is 1. The Labute approximate surface area is 169 Å². The topological polar surface area (TPSA) is 61.9 Å². The normalized spacial score (nSPS) is 33.7. The second kappa shape index (κ2) is 6.96. The van der Waals surface area contributed by atoms with E-state index < -0.39 is 21.9 Å². The van der Waals surface area contributed by atoms with Crippen LogP contribution in [-0.2, 0) is 14.8 Å². The quantitative estimate of drug-likeness (QED) is 0.737. The van der Waals surface area contributed by atoms with Gasteiger partial charge in [-0.25, -0.2) is 8.42 Å². The second-order valence-corrected chi connectivity index (χ2v) is 11.1. The van der Waals surface area contributed by atoms with Gasteiger partial charge < -0.3 is 10.1 Å². The minimum atomic E-state index is -4.51. The molecule has 3 fully saturated rings. The van der Waals surface area contributed by atoms with Crippen LogP contribution in [0.25, 0.3) is 0 Å². The number of dihydropyridines is 1. The number of sulfonamides is 1. The number of hydrogen-bond acceptors (Lipinski definition) is 5. The molecular weight excluding hydrogens is 407 g/mol. The average molecular weight is 436 g/mol. The van der Waals surface area contributed by atoms with Crippen molar-refractivity contribution in [1.82, 2.24) is 14.5 Å². The number of hydrogen-bond donors (Lipinski definition) is 1. The summed E-state index contributed by atoms with van der Waals surface area (Å²) in [6.45, 7) is 9.89. The van der Waals surface area contributed by atoms with Gasteiger partial charge in [-0.3, -0.25) is 4.90 Å². The van der Waals surface area contributed by atoms with Crippen LogP contribution in [0.5, 0.6) is 0 Å². The molecule has 0 aromatic rings. The highest BCUT2D eigenvalue weighted by Crippen LogP contribution is 2.46. The van der Waals surface area contributed by atoms with Crippen LogP contribution in [-0.4, -0.2) is 69.2 Å². The molecule has 1 unspecified atom stereocenters. The largest absolute Gasteiger partial charge is 0.430 e. The second-order valence-electron chi connectivity index (χ2n) is 9.15. The summed E-state index contributed by atoms with van der Waals surface area (Å²) in [4.78, 5) is 2.47. The van der Waals surface area contributed by atoms with E-state index in [1.807, 2.05) is 0 Å². The summed E-state index contributed by atoms with van der Waals surface area (Å²) in [5.74, 6) is 0.901. The summed E-state index contributed by atoms with van der Waals surface area (Å²) < 4.78 is 71.4. The molecule has 1 spiro atoms. The Kier molecular flexibility index (Phi) is 5.08. The third kappa shape index (κ3) is 3.62. The Morgan fingerprint density at radius 3 is 2.24 bits per heavy atom. The van der Waals surface area contributed by atoms with E-state index in [0.29, 0.717) is 31.0 Å². The minimum absolute atomic E-state index is 0.0195. The van der Waals surface area contributed by atoms with Gasteiger partial charge in [-0.15, -0.1) is 0 Å². The Bertz CT molecular complexity index is 828. The third-order valence-electron chi connectivity index (χ3n) is 6.64. The fraction of sp³-hybridized carbons (Fsp3) is 0.789. The van der Waals surface area contributed by atoms with Gasteiger partial charge in [0.25, 0.3) is 0 Å². The van der Waals surface area contributed by atoms with Crippen LogP contribution in [0.3, 0.4) is 0 Å². The van der Waals surface area contributed by atoms with E-state index in [0.717, 1.165) is 32.4 Å². The molecule has 4 heterocycles. The van der Waals surface area contributed by atoms with E-state index in [2.05, 4.69) is 24.1 Å². The highest BCUT2D eigenvalue weighted by Gasteiger charge is 2.57. The summed E-state index contributed by atoms with van der Waals surface area (Å²) in [6.07, 6.45) is -3.83. The summed E-state index contributed by atoms with van der Waals surface area (Å²) in [5, 5.41) is 2.21. The maximum Gasteiger partial charge on any atom is 0.430 e. The highest BCUT2D eigenvalue weighted by atomic mass is 32.2. The lowest BCUT2D eigenvalue weighted by Crippen LogP contribution is -2.75. The predicted molar refractivity (Wildman–Crippen MR) is 102 cm³/mol. The molecule has 6 nitrogen and oxygen atoms in total. The Balaban J connectivity index is 1.37. The first-order chi connectivity index (χ1) is 13.4. The summed E-state index contributed by atoms with van der Waals surface area (Å²) in [5.41, 5.74) is -0.863. The van der Waals surface area contributed by atoms with E-state index >= 15 is 0 Å². The fourth-order valence-corrected chi connectivity index (χ4v) is 7.26. The molecule has 0 radical (unpaired) electrons. The van der Waals surface area contributed by atoms with Gasteiger partial charge in [-0.1, -0.05) is 19.9 Å². The van der Waals surface area contributed by atoms with E-state index in [9.17, 15) is 21.6 Å². The fourth-order valence-electron chi connectivity index (χ4n) is 5.33. The first kappa shape index (κ1) is 21.1. The van der Waals surface area contributed by atoms with Gasteiger partial charge in [-0.2, -0.15) is 17.5 Å². The zero-order chi connectivity index (χ0) is 21.2. The predicted octanol–water partition coefficient (Wildman–Crippen LogP) is 2.28. The standard InChI is InChI=1S/C19H28F3N3O3S/c1-12-6-28-7-13(2)17(12)24-8-18(9-24)10-25(11-18)29(26,27)15-4-5-16(19(20,21)22)23-14(15)3/h5,12-13,17,23H,4,6-11H2,1-3H3/t12-,13+,17?. The molecular formula is C19H28F3N3O3S. The van der Waals surface area contributed by atoms with Crippen molar-refractivity contribution in [3.8, 4) is 0 Å². The Hall–Kier alpha value is -1.10. The van der Waals surface area contributed by atoms with Crippen molar-refractivity contribution < 1.29 is 26.3 Å². The molecule has 10 heteroatoms. The van der Waals surface area contributed by atoms with Crippen LogP contribution >= 0.6 is 0 Å². The van der Waals surface area contributed by atoms with Gasteiger partial charge in [0.05, 0.1) is 18.1 Å². The first-order valence-electron chi connectivity index (χ1n) is 9.99. The molecule has 3 atom stereocenters. The molecule has 4 aliphatic rings. The molecule has 0 aromatic carbocycles. The maximum absolute atomic E-state index is 12.9. The van der Waals surface area contributed by atoms with E-state index in [1.165, 1.54) is 11.2 Å². The van der Waals surface area contributed by atoms with Crippen molar-refractivity contribution >= 4 is 10.0 Å². The summed E-state index contributed by atoms with van der Waals surface area (Å²) in [6, 6.07) is 0.457. The molecule has 0 aliphatic carbocycles. The SMILES string of the molecule is CC1=C(S(=O)(=O)N2CC3(CN(C4[C@H](C)COC[C@@H]4C)C3)C2)CC=C(C(F)(F)F)N1. The molecule has 164 valence electrons. The minimum Gasteiger partial charge on any atom is -0.381 e. The van der Waals surface area contributed by atoms with Gasteiger partial charge in [0.2, 0.25) is 10.0 Å². The van der Waals surface area contributed by atoms with Crippen LogP contribution in [0.4, 0.5) is 13.2 Å². The van der Waals surface area contributed by atoms with Crippen molar-refractivity contribution in [3.63, 3.8) is 0 Å². The van der Waals surface area contributed by atoms with Gasteiger partial charge in [0.15, 0.2) is 0 Å². The first-order valence-corrected chi connectivity index (χ1v) is 11.4. The maximum atomic E-state index is 12.9. The number of nitrogens with zero attached hydrogens (tertiary/aromatic N) is 2. The average Bonchev–Trinajstić information content (AvgIpc) is 2.53. The highest BCUT2D eigenvalue weighted by molar-refractivity contribution is 7.93. The molecule has 0 bridgehead atoms. The van der Waals surface area contributed by atoms with Gasteiger partial charge in [0.1, 0.15) is 5.70 Å². The lowest BCUT2D eigenvalue weighted by Gasteiger charge is -2.63. The van der Waals surface area contributed by atoms with Crippen molar-refractivity contribution in [2.45, 2.75) is 39.4 Å². The molecule has 3 saturated heterocycles. The molecule has 4 rings (SSSR count). The number of allylic oxidation sites excluding steroid dienone is 4. The van der Waals surface area contributed by atoms with Crippen molar-refractivity contribution in [2.24, 2.45) is 17.3 Å². The van der Waals surface area contributed by atoms with E-state index in [1.54, 1.807) is 0 Å². The molecule has 0 saturated carbocycles. The van der Waals surface area contributed by atoms with Crippen molar-refractivity contribution in [2.75, 3.05) is 39.4 Å². The van der Waals surface area contributed by atoms with Crippen LogP contribution in [0.2, 0.25) is 0 Å². The summed E-state index contributed by atoms with van der Waals surface area (Å²) in [7, 11) is -3.75. The molecule has 4 aliphatic heterocycles. The number of nitrogens with one attached hydrogen (secondary N) is 1. The van der Waals surface area contributed by atoms with Crippen LogP contribution in [0.1, 0.15) is 27.2 Å². The van der Waals surface area contributed by atoms with E-state index in [-0.39, 0.29) is 22.4 Å². The van der Waals surface area contributed by atoms with E-state index in [4.69, 9.17) is 4.74 Å². The van der Waals surface area contributed by atoms with Gasteiger partial charge in [0, 0.05) is 49.8 Å². The Morgan fingerprint density at radius 1 is 1.14 bits per heavy atom. The zero-order valence-corrected chi connectivity index (χ0v) is 17.7. The van der Waals surface area contributed by atoms with Gasteiger partial charge >= 0.3 is 6.18 Å². The number of alkyl halides is 3. The molecule has 1 N–H and O–H groups in total.